The van der Waals surface area contributed by atoms with E-state index in [2.05, 4.69) is 28.4 Å². The van der Waals surface area contributed by atoms with Crippen LogP contribution in [0.4, 0.5) is 24.5 Å². The Labute approximate surface area is 215 Å². The lowest BCUT2D eigenvalue weighted by Crippen LogP contribution is -2.42. The Morgan fingerprint density at radius 1 is 1.16 bits per heavy atom. The maximum Gasteiger partial charge on any atom is 0.423 e. The quantitative estimate of drug-likeness (QED) is 0.353. The van der Waals surface area contributed by atoms with Crippen LogP contribution in [0, 0.1) is 22.0 Å². The van der Waals surface area contributed by atoms with Gasteiger partial charge in [-0.05, 0) is 75.5 Å². The first kappa shape index (κ1) is 27.0. The Bertz CT molecular complexity index is 1040. The molecule has 10 heteroatoms. The fraction of sp³-hybridized carbons (Fsp3) is 0.593. The van der Waals surface area contributed by atoms with Crippen molar-refractivity contribution in [3.05, 3.63) is 57.8 Å². The minimum Gasteiger partial charge on any atom is -0.382 e. The first-order valence-corrected chi connectivity index (χ1v) is 13.1. The number of nitro benzene ring substituents is 1. The molecule has 7 nitrogen and oxygen atoms in total. The van der Waals surface area contributed by atoms with Gasteiger partial charge in [0.15, 0.2) is 0 Å². The number of benzene rings is 1. The minimum absolute atomic E-state index is 0.0786. The van der Waals surface area contributed by atoms with Crippen LogP contribution in [0.5, 0.6) is 0 Å². The van der Waals surface area contributed by atoms with Crippen LogP contribution in [0.25, 0.3) is 0 Å². The number of alkyl halides is 3. The van der Waals surface area contributed by atoms with Crippen LogP contribution in [0.1, 0.15) is 56.9 Å². The van der Waals surface area contributed by atoms with Gasteiger partial charge in [-0.2, -0.15) is 13.2 Å². The van der Waals surface area contributed by atoms with Crippen molar-refractivity contribution in [2.75, 3.05) is 32.0 Å². The number of hydrogen-bond donors (Lipinski definition) is 1. The van der Waals surface area contributed by atoms with Crippen LogP contribution in [-0.4, -0.2) is 53.4 Å². The van der Waals surface area contributed by atoms with E-state index in [1.807, 2.05) is 11.9 Å². The van der Waals surface area contributed by atoms with Crippen LogP contribution in [0.15, 0.2) is 42.1 Å². The van der Waals surface area contributed by atoms with Crippen molar-refractivity contribution in [2.45, 2.75) is 63.6 Å². The van der Waals surface area contributed by atoms with E-state index >= 15 is 0 Å². The summed E-state index contributed by atoms with van der Waals surface area (Å²) in [5.41, 5.74) is -0.592. The van der Waals surface area contributed by atoms with E-state index in [9.17, 15) is 28.1 Å². The fourth-order valence-electron chi connectivity index (χ4n) is 5.78. The Balaban J connectivity index is 1.24. The summed E-state index contributed by atoms with van der Waals surface area (Å²) in [6.45, 7) is 2.82. The van der Waals surface area contributed by atoms with Crippen molar-refractivity contribution >= 4 is 17.3 Å². The second-order valence-electron chi connectivity index (χ2n) is 10.5. The molecule has 202 valence electrons. The molecule has 2 aliphatic carbocycles. The molecule has 1 heterocycles. The molecule has 0 radical (unpaired) electrons. The number of amides is 1. The second-order valence-corrected chi connectivity index (χ2v) is 10.5. The monoisotopic (exact) mass is 520 g/mol. The first-order chi connectivity index (χ1) is 17.6. The molecule has 1 aliphatic heterocycles. The van der Waals surface area contributed by atoms with Gasteiger partial charge in [-0.25, -0.2) is 0 Å². The summed E-state index contributed by atoms with van der Waals surface area (Å²) in [6, 6.07) is 2.93. The Morgan fingerprint density at radius 3 is 2.46 bits per heavy atom. The molecular formula is C27H35F3N4O3. The number of anilines is 1. The number of rotatable bonds is 7. The first-order valence-electron chi connectivity index (χ1n) is 13.1. The molecule has 1 saturated heterocycles. The summed E-state index contributed by atoms with van der Waals surface area (Å²) in [6.07, 6.45) is 8.72. The molecule has 1 saturated carbocycles. The largest absolute Gasteiger partial charge is 0.423 e. The third kappa shape index (κ3) is 6.84. The average Bonchev–Trinajstić information content (AvgIpc) is 2.89. The van der Waals surface area contributed by atoms with Gasteiger partial charge in [-0.3, -0.25) is 14.9 Å². The number of allylic oxidation sites excluding steroid dienone is 4. The van der Waals surface area contributed by atoms with E-state index in [0.717, 1.165) is 57.5 Å². The Morgan fingerprint density at radius 2 is 1.86 bits per heavy atom. The van der Waals surface area contributed by atoms with E-state index in [-0.39, 0.29) is 23.6 Å². The van der Waals surface area contributed by atoms with Gasteiger partial charge in [-0.1, -0.05) is 12.2 Å². The lowest BCUT2D eigenvalue weighted by atomic mass is 9.84. The second kappa shape index (κ2) is 11.6. The van der Waals surface area contributed by atoms with Crippen molar-refractivity contribution in [2.24, 2.45) is 11.8 Å². The van der Waals surface area contributed by atoms with Crippen LogP contribution >= 0.6 is 0 Å². The summed E-state index contributed by atoms with van der Waals surface area (Å²) < 4.78 is 39.8. The summed E-state index contributed by atoms with van der Waals surface area (Å²) >= 11 is 0. The predicted octanol–water partition coefficient (Wildman–Crippen LogP) is 5.99. The normalized spacial score (nSPS) is 22.9. The molecule has 0 unspecified atom stereocenters. The number of carbonyl (C=O) groups excluding carboxylic acids is 1. The molecule has 0 atom stereocenters. The predicted molar refractivity (Wildman–Crippen MR) is 136 cm³/mol. The molecule has 0 aromatic heterocycles. The number of piperidine rings is 1. The SMILES string of the molecule is CN(CC1CCN(C2=CC=CCC2)CC1)C(=O)C1CCC(Nc2ccc([N+](=O)[O-])c(C(F)(F)F)c2)CC1. The van der Waals surface area contributed by atoms with Crippen LogP contribution in [0.2, 0.25) is 0 Å². The third-order valence-corrected chi connectivity index (χ3v) is 7.87. The van der Waals surface area contributed by atoms with Gasteiger partial charge in [0.25, 0.3) is 5.69 Å². The van der Waals surface area contributed by atoms with Gasteiger partial charge < -0.3 is 15.1 Å². The van der Waals surface area contributed by atoms with E-state index in [1.54, 1.807) is 0 Å². The zero-order chi connectivity index (χ0) is 26.6. The number of nitro groups is 1. The summed E-state index contributed by atoms with van der Waals surface area (Å²) in [5, 5.41) is 14.1. The zero-order valence-electron chi connectivity index (χ0n) is 21.2. The number of nitrogens with one attached hydrogen (secondary N) is 1. The summed E-state index contributed by atoms with van der Waals surface area (Å²) in [7, 11) is 1.88. The maximum atomic E-state index is 13.3. The molecule has 1 amide bonds. The standard InChI is InChI=1S/C27H35F3N4O3/c1-32(18-19-13-15-33(16-14-19)23-5-3-2-4-6-23)26(35)20-7-9-21(10-8-20)31-22-11-12-25(34(36)37)24(17-22)27(28,29)30/h2-3,5,11-12,17,19-21,31H,4,6-10,13-16,18H2,1H3. The highest BCUT2D eigenvalue weighted by Crippen LogP contribution is 2.38. The number of nitrogens with zero attached hydrogens (tertiary/aromatic N) is 3. The van der Waals surface area contributed by atoms with Gasteiger partial charge >= 0.3 is 6.18 Å². The van der Waals surface area contributed by atoms with E-state index < -0.39 is 22.4 Å². The van der Waals surface area contributed by atoms with E-state index in [4.69, 9.17) is 0 Å². The highest BCUT2D eigenvalue weighted by Gasteiger charge is 2.39. The molecule has 1 aromatic rings. The van der Waals surface area contributed by atoms with Gasteiger partial charge in [0.2, 0.25) is 5.91 Å². The molecule has 0 spiro atoms. The highest BCUT2D eigenvalue weighted by atomic mass is 19.4. The number of likely N-dealkylation sites (tertiary alicyclic amines) is 1. The molecule has 2 fully saturated rings. The highest BCUT2D eigenvalue weighted by molar-refractivity contribution is 5.78. The zero-order valence-corrected chi connectivity index (χ0v) is 21.2. The lowest BCUT2D eigenvalue weighted by Gasteiger charge is -2.38. The summed E-state index contributed by atoms with van der Waals surface area (Å²) in [5.74, 6) is 0.563. The van der Waals surface area contributed by atoms with E-state index in [1.165, 1.54) is 11.8 Å². The molecule has 1 aromatic carbocycles. The number of hydrogen-bond acceptors (Lipinski definition) is 5. The third-order valence-electron chi connectivity index (χ3n) is 7.87. The van der Waals surface area contributed by atoms with Gasteiger partial charge in [0.05, 0.1) is 4.92 Å². The Kier molecular flexibility index (Phi) is 8.44. The van der Waals surface area contributed by atoms with Crippen molar-refractivity contribution in [1.29, 1.82) is 0 Å². The molecule has 0 bridgehead atoms. The number of carbonyl (C=O) groups is 1. The van der Waals surface area contributed by atoms with Crippen molar-refractivity contribution < 1.29 is 22.9 Å². The Hall–Kier alpha value is -3.04. The minimum atomic E-state index is -4.81. The smallest absolute Gasteiger partial charge is 0.382 e. The fourth-order valence-corrected chi connectivity index (χ4v) is 5.78. The maximum absolute atomic E-state index is 13.3. The van der Waals surface area contributed by atoms with Gasteiger partial charge in [-0.15, -0.1) is 0 Å². The van der Waals surface area contributed by atoms with Crippen molar-refractivity contribution in [3.63, 3.8) is 0 Å². The molecule has 4 rings (SSSR count). The summed E-state index contributed by atoms with van der Waals surface area (Å²) in [4.78, 5) is 27.4. The average molecular weight is 521 g/mol. The van der Waals surface area contributed by atoms with Gasteiger partial charge in [0.1, 0.15) is 5.56 Å². The lowest BCUT2D eigenvalue weighted by molar-refractivity contribution is -0.388. The number of halogens is 3. The van der Waals surface area contributed by atoms with Crippen LogP contribution in [-0.2, 0) is 11.0 Å². The topological polar surface area (TPSA) is 78.7 Å². The van der Waals surface area contributed by atoms with Crippen LogP contribution < -0.4 is 5.32 Å². The van der Waals surface area contributed by atoms with Gasteiger partial charge in [0, 0.05) is 56.1 Å². The van der Waals surface area contributed by atoms with E-state index in [0.29, 0.717) is 31.6 Å². The van der Waals surface area contributed by atoms with Crippen molar-refractivity contribution in [3.8, 4) is 0 Å². The molecular weight excluding hydrogens is 485 g/mol. The molecule has 37 heavy (non-hydrogen) atoms. The van der Waals surface area contributed by atoms with Crippen molar-refractivity contribution in [1.82, 2.24) is 9.80 Å². The van der Waals surface area contributed by atoms with Crippen LogP contribution in [0.3, 0.4) is 0 Å². The molecule has 3 aliphatic rings. The molecule has 1 N–H and O–H groups in total.